The standard InChI is InChI=1S/C15H21NO2S/c1-12-4-5-13(19-12)14(17)15(6-2-3-7-15)16-8-10-18-11-9-16/h4-5H,2-3,6-11H2,1H3. The Morgan fingerprint density at radius 1 is 1.26 bits per heavy atom. The maximum absolute atomic E-state index is 13.0. The van der Waals surface area contributed by atoms with Gasteiger partial charge in [-0.25, -0.2) is 0 Å². The molecule has 2 heterocycles. The number of hydrogen-bond donors (Lipinski definition) is 0. The fourth-order valence-electron chi connectivity index (χ4n) is 3.42. The summed E-state index contributed by atoms with van der Waals surface area (Å²) < 4.78 is 5.44. The summed E-state index contributed by atoms with van der Waals surface area (Å²) in [7, 11) is 0. The number of nitrogens with zero attached hydrogens (tertiary/aromatic N) is 1. The molecule has 0 spiro atoms. The lowest BCUT2D eigenvalue weighted by Crippen LogP contribution is -2.56. The summed E-state index contributed by atoms with van der Waals surface area (Å²) in [6.45, 7) is 5.39. The van der Waals surface area contributed by atoms with Gasteiger partial charge in [0.1, 0.15) is 0 Å². The molecule has 0 N–H and O–H groups in total. The van der Waals surface area contributed by atoms with Crippen molar-refractivity contribution in [3.05, 3.63) is 21.9 Å². The minimum atomic E-state index is -0.235. The van der Waals surface area contributed by atoms with Gasteiger partial charge in [-0.2, -0.15) is 0 Å². The Bertz CT molecular complexity index is 456. The second kappa shape index (κ2) is 5.35. The van der Waals surface area contributed by atoms with Gasteiger partial charge in [0.25, 0.3) is 0 Å². The molecule has 104 valence electrons. The predicted octanol–water partition coefficient (Wildman–Crippen LogP) is 2.88. The van der Waals surface area contributed by atoms with Crippen LogP contribution in [0.3, 0.4) is 0 Å². The molecular weight excluding hydrogens is 258 g/mol. The monoisotopic (exact) mass is 279 g/mol. The summed E-state index contributed by atoms with van der Waals surface area (Å²) in [5.41, 5.74) is -0.235. The molecule has 0 atom stereocenters. The molecule has 0 radical (unpaired) electrons. The van der Waals surface area contributed by atoms with Gasteiger partial charge in [-0.15, -0.1) is 11.3 Å². The van der Waals surface area contributed by atoms with E-state index in [4.69, 9.17) is 4.74 Å². The summed E-state index contributed by atoms with van der Waals surface area (Å²) in [4.78, 5) is 17.6. The highest BCUT2D eigenvalue weighted by molar-refractivity contribution is 7.14. The number of hydrogen-bond acceptors (Lipinski definition) is 4. The van der Waals surface area contributed by atoms with Crippen molar-refractivity contribution in [1.82, 2.24) is 4.90 Å². The van der Waals surface area contributed by atoms with Crippen LogP contribution in [0.25, 0.3) is 0 Å². The zero-order valence-electron chi connectivity index (χ0n) is 11.5. The fraction of sp³-hybridized carbons (Fsp3) is 0.667. The molecule has 1 aliphatic heterocycles. The zero-order chi connectivity index (χ0) is 13.3. The fourth-order valence-corrected chi connectivity index (χ4v) is 4.33. The molecule has 1 saturated carbocycles. The van der Waals surface area contributed by atoms with Crippen LogP contribution in [0.1, 0.15) is 40.2 Å². The van der Waals surface area contributed by atoms with E-state index >= 15 is 0 Å². The number of thiophene rings is 1. The first-order chi connectivity index (χ1) is 9.22. The van der Waals surface area contributed by atoms with E-state index in [1.165, 1.54) is 17.7 Å². The zero-order valence-corrected chi connectivity index (χ0v) is 12.3. The lowest BCUT2D eigenvalue weighted by molar-refractivity contribution is -0.0128. The average Bonchev–Trinajstić information content (AvgIpc) is 3.08. The number of carbonyl (C=O) groups excluding carboxylic acids is 1. The highest BCUT2D eigenvalue weighted by Gasteiger charge is 2.46. The Morgan fingerprint density at radius 2 is 1.95 bits per heavy atom. The van der Waals surface area contributed by atoms with Crippen molar-refractivity contribution >= 4 is 17.1 Å². The lowest BCUT2D eigenvalue weighted by atomic mass is 9.88. The predicted molar refractivity (Wildman–Crippen MR) is 77.0 cm³/mol. The number of aryl methyl sites for hydroxylation is 1. The van der Waals surface area contributed by atoms with E-state index < -0.39 is 0 Å². The molecule has 0 bridgehead atoms. The average molecular weight is 279 g/mol. The number of ketones is 1. The molecule has 1 aliphatic carbocycles. The third kappa shape index (κ3) is 2.37. The number of Topliss-reactive ketones (excluding diaryl/α,β-unsaturated/α-hetero) is 1. The van der Waals surface area contributed by atoms with E-state index in [0.717, 1.165) is 44.0 Å². The van der Waals surface area contributed by atoms with Gasteiger partial charge in [0.15, 0.2) is 5.78 Å². The van der Waals surface area contributed by atoms with Gasteiger partial charge in [-0.3, -0.25) is 9.69 Å². The quantitative estimate of drug-likeness (QED) is 0.797. The normalized spacial score (nSPS) is 23.6. The van der Waals surface area contributed by atoms with Crippen molar-refractivity contribution in [3.8, 4) is 0 Å². The molecule has 19 heavy (non-hydrogen) atoms. The second-order valence-corrected chi connectivity index (χ2v) is 6.87. The molecule has 1 aromatic rings. The van der Waals surface area contributed by atoms with E-state index in [1.807, 2.05) is 6.07 Å². The Labute approximate surface area is 118 Å². The van der Waals surface area contributed by atoms with Gasteiger partial charge in [-0.1, -0.05) is 12.8 Å². The molecule has 0 aromatic carbocycles. The Morgan fingerprint density at radius 3 is 2.53 bits per heavy atom. The molecule has 1 aromatic heterocycles. The smallest absolute Gasteiger partial charge is 0.192 e. The first-order valence-electron chi connectivity index (χ1n) is 7.16. The first kappa shape index (κ1) is 13.3. The maximum atomic E-state index is 13.0. The molecule has 2 aliphatic rings. The van der Waals surface area contributed by atoms with Crippen LogP contribution in [0.15, 0.2) is 12.1 Å². The Hall–Kier alpha value is -0.710. The highest BCUT2D eigenvalue weighted by atomic mass is 32.1. The van der Waals surface area contributed by atoms with E-state index in [-0.39, 0.29) is 5.54 Å². The second-order valence-electron chi connectivity index (χ2n) is 5.58. The van der Waals surface area contributed by atoms with Crippen LogP contribution in [0.2, 0.25) is 0 Å². The number of ether oxygens (including phenoxy) is 1. The Kier molecular flexibility index (Phi) is 3.74. The summed E-state index contributed by atoms with van der Waals surface area (Å²) in [6.07, 6.45) is 4.38. The summed E-state index contributed by atoms with van der Waals surface area (Å²) in [5, 5.41) is 0. The van der Waals surface area contributed by atoms with Crippen LogP contribution in [0.5, 0.6) is 0 Å². The van der Waals surface area contributed by atoms with E-state index in [9.17, 15) is 4.79 Å². The van der Waals surface area contributed by atoms with Crippen molar-refractivity contribution in [1.29, 1.82) is 0 Å². The molecule has 4 heteroatoms. The third-order valence-corrected chi connectivity index (χ3v) is 5.43. The van der Waals surface area contributed by atoms with E-state index in [0.29, 0.717) is 5.78 Å². The largest absolute Gasteiger partial charge is 0.379 e. The summed E-state index contributed by atoms with van der Waals surface area (Å²) in [5.74, 6) is 0.352. The van der Waals surface area contributed by atoms with Crippen molar-refractivity contribution < 1.29 is 9.53 Å². The molecule has 3 rings (SSSR count). The topological polar surface area (TPSA) is 29.5 Å². The number of rotatable bonds is 3. The lowest BCUT2D eigenvalue weighted by Gasteiger charge is -2.41. The van der Waals surface area contributed by atoms with Crippen LogP contribution in [0, 0.1) is 6.92 Å². The SMILES string of the molecule is Cc1ccc(C(=O)C2(N3CCOCC3)CCCC2)s1. The van der Waals surface area contributed by atoms with Gasteiger partial charge >= 0.3 is 0 Å². The van der Waals surface area contributed by atoms with Gasteiger partial charge in [0.2, 0.25) is 0 Å². The summed E-state index contributed by atoms with van der Waals surface area (Å²) >= 11 is 1.64. The number of carbonyl (C=O) groups is 1. The van der Waals surface area contributed by atoms with Crippen LogP contribution >= 0.6 is 11.3 Å². The number of morpholine rings is 1. The molecule has 1 saturated heterocycles. The molecule has 2 fully saturated rings. The highest BCUT2D eigenvalue weighted by Crippen LogP contribution is 2.39. The van der Waals surface area contributed by atoms with Gasteiger partial charge in [0, 0.05) is 18.0 Å². The molecule has 3 nitrogen and oxygen atoms in total. The van der Waals surface area contributed by atoms with Crippen molar-refractivity contribution in [2.45, 2.75) is 38.1 Å². The Balaban J connectivity index is 1.89. The van der Waals surface area contributed by atoms with Crippen molar-refractivity contribution in [3.63, 3.8) is 0 Å². The van der Waals surface area contributed by atoms with Crippen LogP contribution in [-0.4, -0.2) is 42.5 Å². The van der Waals surface area contributed by atoms with Crippen LogP contribution in [0.4, 0.5) is 0 Å². The van der Waals surface area contributed by atoms with Crippen LogP contribution < -0.4 is 0 Å². The maximum Gasteiger partial charge on any atom is 0.192 e. The molecular formula is C15H21NO2S. The molecule has 0 unspecified atom stereocenters. The first-order valence-corrected chi connectivity index (χ1v) is 7.98. The van der Waals surface area contributed by atoms with Crippen LogP contribution in [-0.2, 0) is 4.74 Å². The molecule has 0 amide bonds. The minimum Gasteiger partial charge on any atom is -0.379 e. The van der Waals surface area contributed by atoms with Gasteiger partial charge in [0.05, 0.1) is 23.6 Å². The van der Waals surface area contributed by atoms with E-state index in [1.54, 1.807) is 11.3 Å². The summed E-state index contributed by atoms with van der Waals surface area (Å²) in [6, 6.07) is 4.06. The minimum absolute atomic E-state index is 0.235. The van der Waals surface area contributed by atoms with Crippen molar-refractivity contribution in [2.24, 2.45) is 0 Å². The van der Waals surface area contributed by atoms with Gasteiger partial charge in [-0.05, 0) is 31.9 Å². The third-order valence-electron chi connectivity index (χ3n) is 4.43. The van der Waals surface area contributed by atoms with E-state index in [2.05, 4.69) is 17.9 Å². The van der Waals surface area contributed by atoms with Gasteiger partial charge < -0.3 is 4.74 Å². The van der Waals surface area contributed by atoms with Crippen molar-refractivity contribution in [2.75, 3.05) is 26.3 Å².